The highest BCUT2D eigenvalue weighted by molar-refractivity contribution is 7.13. The quantitative estimate of drug-likeness (QED) is 0.783. The largest absolute Gasteiger partial charge is 0.351 e. The van der Waals surface area contributed by atoms with Gasteiger partial charge in [-0.2, -0.15) is 0 Å². The third-order valence-corrected chi connectivity index (χ3v) is 2.88. The van der Waals surface area contributed by atoms with Crippen molar-refractivity contribution in [3.05, 3.63) is 21.9 Å². The van der Waals surface area contributed by atoms with Crippen molar-refractivity contribution in [3.63, 3.8) is 0 Å². The first-order valence-electron chi connectivity index (χ1n) is 4.78. The van der Waals surface area contributed by atoms with Crippen molar-refractivity contribution in [2.45, 2.75) is 19.8 Å². The molecule has 3 N–H and O–H groups in total. The minimum absolute atomic E-state index is 0. The second kappa shape index (κ2) is 7.68. The van der Waals surface area contributed by atoms with Crippen molar-refractivity contribution in [1.82, 2.24) is 5.32 Å². The summed E-state index contributed by atoms with van der Waals surface area (Å²) in [7, 11) is 0. The highest BCUT2D eigenvalue weighted by Gasteiger charge is 2.05. The van der Waals surface area contributed by atoms with Crippen LogP contribution in [-0.2, 0) is 0 Å². The fourth-order valence-corrected chi connectivity index (χ4v) is 1.90. The topological polar surface area (TPSA) is 55.1 Å². The van der Waals surface area contributed by atoms with Crippen molar-refractivity contribution >= 4 is 29.7 Å². The lowest BCUT2D eigenvalue weighted by atomic mass is 10.3. The van der Waals surface area contributed by atoms with E-state index in [1.165, 1.54) is 11.3 Å². The van der Waals surface area contributed by atoms with Crippen LogP contribution < -0.4 is 11.1 Å². The zero-order chi connectivity index (χ0) is 10.4. The van der Waals surface area contributed by atoms with Gasteiger partial charge in [0.25, 0.3) is 5.91 Å². The first kappa shape index (κ1) is 14.4. The Labute approximate surface area is 100 Å². The van der Waals surface area contributed by atoms with Crippen molar-refractivity contribution in [2.75, 3.05) is 13.1 Å². The molecule has 1 aromatic rings. The molecular formula is C10H17ClN2OS. The molecule has 0 fully saturated rings. The summed E-state index contributed by atoms with van der Waals surface area (Å²) in [6.07, 6.45) is 1.91. The van der Waals surface area contributed by atoms with Gasteiger partial charge in [0.1, 0.15) is 0 Å². The first-order valence-corrected chi connectivity index (χ1v) is 5.60. The highest BCUT2D eigenvalue weighted by atomic mass is 35.5. The maximum Gasteiger partial charge on any atom is 0.261 e. The third-order valence-electron chi connectivity index (χ3n) is 1.88. The van der Waals surface area contributed by atoms with Crippen LogP contribution in [0.25, 0.3) is 0 Å². The third kappa shape index (κ3) is 5.16. The minimum Gasteiger partial charge on any atom is -0.351 e. The number of amides is 1. The number of carbonyl (C=O) groups is 1. The molecule has 1 rings (SSSR count). The molecule has 0 spiro atoms. The molecule has 15 heavy (non-hydrogen) atoms. The molecule has 0 aromatic carbocycles. The summed E-state index contributed by atoms with van der Waals surface area (Å²) in [6, 6.07) is 3.82. The van der Waals surface area contributed by atoms with E-state index >= 15 is 0 Å². The smallest absolute Gasteiger partial charge is 0.261 e. The van der Waals surface area contributed by atoms with Crippen molar-refractivity contribution in [3.8, 4) is 0 Å². The standard InChI is InChI=1S/C10H16N2OS.ClH/c1-8-4-5-9(14-8)10(13)12-7-3-2-6-11;/h4-5H,2-3,6-7,11H2,1H3,(H,12,13);1H. The van der Waals surface area contributed by atoms with Crippen LogP contribution in [0.4, 0.5) is 0 Å². The molecule has 0 unspecified atom stereocenters. The zero-order valence-corrected chi connectivity index (χ0v) is 10.4. The average molecular weight is 249 g/mol. The number of hydrogen-bond acceptors (Lipinski definition) is 3. The van der Waals surface area contributed by atoms with Gasteiger partial charge in [-0.15, -0.1) is 23.7 Å². The lowest BCUT2D eigenvalue weighted by molar-refractivity contribution is 0.0957. The molecule has 5 heteroatoms. The van der Waals surface area contributed by atoms with Gasteiger partial charge < -0.3 is 11.1 Å². The molecule has 0 aliphatic carbocycles. The maximum atomic E-state index is 11.5. The molecule has 1 heterocycles. The SMILES string of the molecule is Cc1ccc(C(=O)NCCCCN)s1.Cl. The highest BCUT2D eigenvalue weighted by Crippen LogP contribution is 2.14. The summed E-state index contributed by atoms with van der Waals surface area (Å²) in [5.41, 5.74) is 5.35. The average Bonchev–Trinajstić information content (AvgIpc) is 2.59. The van der Waals surface area contributed by atoms with Crippen LogP contribution in [0.15, 0.2) is 12.1 Å². The van der Waals surface area contributed by atoms with Gasteiger partial charge in [0, 0.05) is 11.4 Å². The molecule has 0 radical (unpaired) electrons. The second-order valence-corrected chi connectivity index (χ2v) is 4.45. The number of nitrogens with one attached hydrogen (secondary N) is 1. The summed E-state index contributed by atoms with van der Waals surface area (Å²) in [5.74, 6) is 0.0279. The molecule has 3 nitrogen and oxygen atoms in total. The van der Waals surface area contributed by atoms with Gasteiger partial charge in [-0.05, 0) is 38.4 Å². The van der Waals surface area contributed by atoms with Crippen LogP contribution in [0.1, 0.15) is 27.4 Å². The number of rotatable bonds is 5. The Hall–Kier alpha value is -0.580. The molecule has 1 amide bonds. The van der Waals surface area contributed by atoms with Crippen LogP contribution in [0.5, 0.6) is 0 Å². The number of hydrogen-bond donors (Lipinski definition) is 2. The first-order chi connectivity index (χ1) is 6.74. The number of nitrogens with two attached hydrogens (primary N) is 1. The predicted octanol–water partition coefficient (Wildman–Crippen LogP) is 1.95. The van der Waals surface area contributed by atoms with E-state index in [-0.39, 0.29) is 18.3 Å². The Bertz CT molecular complexity index is 301. The number of carbonyl (C=O) groups excluding carboxylic acids is 1. The molecular weight excluding hydrogens is 232 g/mol. The molecule has 0 bridgehead atoms. The second-order valence-electron chi connectivity index (χ2n) is 3.16. The molecule has 0 aliphatic heterocycles. The number of unbranched alkanes of at least 4 members (excludes halogenated alkanes) is 1. The summed E-state index contributed by atoms with van der Waals surface area (Å²) < 4.78 is 0. The van der Waals surface area contributed by atoms with Crippen LogP contribution in [-0.4, -0.2) is 19.0 Å². The lowest BCUT2D eigenvalue weighted by Gasteiger charge is -2.01. The fourth-order valence-electron chi connectivity index (χ4n) is 1.11. The lowest BCUT2D eigenvalue weighted by Crippen LogP contribution is -2.23. The molecule has 86 valence electrons. The summed E-state index contributed by atoms with van der Waals surface area (Å²) in [5, 5.41) is 2.86. The Balaban J connectivity index is 0.00000196. The van der Waals surface area contributed by atoms with E-state index in [9.17, 15) is 4.79 Å². The fraction of sp³-hybridized carbons (Fsp3) is 0.500. The van der Waals surface area contributed by atoms with Gasteiger partial charge in [0.15, 0.2) is 0 Å². The van der Waals surface area contributed by atoms with E-state index < -0.39 is 0 Å². The minimum atomic E-state index is 0. The van der Waals surface area contributed by atoms with E-state index in [0.29, 0.717) is 13.1 Å². The van der Waals surface area contributed by atoms with Gasteiger partial charge >= 0.3 is 0 Å². The predicted molar refractivity (Wildman–Crippen MR) is 66.9 cm³/mol. The molecule has 0 saturated heterocycles. The van der Waals surface area contributed by atoms with Gasteiger partial charge in [0.2, 0.25) is 0 Å². The Morgan fingerprint density at radius 2 is 2.20 bits per heavy atom. The van der Waals surface area contributed by atoms with E-state index in [2.05, 4.69) is 5.32 Å². The molecule has 0 atom stereocenters. The number of halogens is 1. The number of aryl methyl sites for hydroxylation is 1. The van der Waals surface area contributed by atoms with E-state index in [4.69, 9.17) is 5.73 Å². The monoisotopic (exact) mass is 248 g/mol. The zero-order valence-electron chi connectivity index (χ0n) is 8.79. The van der Waals surface area contributed by atoms with Gasteiger partial charge in [-0.3, -0.25) is 4.79 Å². The van der Waals surface area contributed by atoms with Gasteiger partial charge in [-0.1, -0.05) is 0 Å². The van der Waals surface area contributed by atoms with E-state index in [0.717, 1.165) is 22.6 Å². The summed E-state index contributed by atoms with van der Waals surface area (Å²) in [4.78, 5) is 13.4. The van der Waals surface area contributed by atoms with E-state index in [1.807, 2.05) is 19.1 Å². The molecule has 1 aromatic heterocycles. The van der Waals surface area contributed by atoms with Crippen molar-refractivity contribution in [1.29, 1.82) is 0 Å². The Morgan fingerprint density at radius 1 is 1.47 bits per heavy atom. The van der Waals surface area contributed by atoms with Gasteiger partial charge in [-0.25, -0.2) is 0 Å². The summed E-state index contributed by atoms with van der Waals surface area (Å²) in [6.45, 7) is 3.40. The Kier molecular flexibility index (Phi) is 7.38. The van der Waals surface area contributed by atoms with Gasteiger partial charge in [0.05, 0.1) is 4.88 Å². The number of thiophene rings is 1. The Morgan fingerprint density at radius 3 is 2.73 bits per heavy atom. The van der Waals surface area contributed by atoms with Crippen LogP contribution in [0.2, 0.25) is 0 Å². The normalized spacial score (nSPS) is 9.47. The van der Waals surface area contributed by atoms with E-state index in [1.54, 1.807) is 0 Å². The molecule has 0 saturated carbocycles. The van der Waals surface area contributed by atoms with Crippen LogP contribution in [0, 0.1) is 6.92 Å². The van der Waals surface area contributed by atoms with Crippen molar-refractivity contribution in [2.24, 2.45) is 5.73 Å². The van der Waals surface area contributed by atoms with Crippen LogP contribution >= 0.6 is 23.7 Å². The van der Waals surface area contributed by atoms with Crippen LogP contribution in [0.3, 0.4) is 0 Å². The van der Waals surface area contributed by atoms with Crippen molar-refractivity contribution < 1.29 is 4.79 Å². The summed E-state index contributed by atoms with van der Waals surface area (Å²) >= 11 is 1.52. The maximum absolute atomic E-state index is 11.5. The molecule has 0 aliphatic rings.